The number of ether oxygens (including phenoxy) is 1. The Bertz CT molecular complexity index is 523. The molecule has 7 nitrogen and oxygen atoms in total. The maximum absolute atomic E-state index is 11.4. The van der Waals surface area contributed by atoms with E-state index in [1.165, 1.54) is 19.2 Å². The fourth-order valence-corrected chi connectivity index (χ4v) is 1.33. The molecule has 96 valence electrons. The summed E-state index contributed by atoms with van der Waals surface area (Å²) in [7, 11) is 1.25. The summed E-state index contributed by atoms with van der Waals surface area (Å²) < 4.78 is 4.57. The molecule has 0 radical (unpaired) electrons. The second kappa shape index (κ2) is 5.87. The van der Waals surface area contributed by atoms with E-state index in [-0.39, 0.29) is 22.5 Å². The van der Waals surface area contributed by atoms with Gasteiger partial charge in [-0.05, 0) is 18.2 Å². The quantitative estimate of drug-likeness (QED) is 0.405. The number of methoxy groups -OCH3 is 1. The molecule has 1 rings (SSSR count). The third kappa shape index (κ3) is 3.63. The molecule has 0 heterocycles. The molecule has 0 aromatic heterocycles. The van der Waals surface area contributed by atoms with Gasteiger partial charge in [0.1, 0.15) is 0 Å². The maximum atomic E-state index is 11.4. The van der Waals surface area contributed by atoms with E-state index >= 15 is 0 Å². The molecule has 0 aliphatic heterocycles. The third-order valence-corrected chi connectivity index (χ3v) is 2.17. The minimum absolute atomic E-state index is 0.131. The number of guanidine groups is 2. The van der Waals surface area contributed by atoms with E-state index in [0.29, 0.717) is 5.69 Å². The summed E-state index contributed by atoms with van der Waals surface area (Å²) in [5.41, 5.74) is 16.3. The zero-order valence-electron chi connectivity index (χ0n) is 9.55. The summed E-state index contributed by atoms with van der Waals surface area (Å²) >= 11 is 5.84. The number of aliphatic imine (C=N–C) groups is 2. The predicted molar refractivity (Wildman–Crippen MR) is 69.9 cm³/mol. The van der Waals surface area contributed by atoms with E-state index in [0.717, 1.165) is 0 Å². The molecular formula is C10H12ClN5O2. The Morgan fingerprint density at radius 1 is 1.33 bits per heavy atom. The molecule has 6 N–H and O–H groups in total. The van der Waals surface area contributed by atoms with Gasteiger partial charge in [0, 0.05) is 0 Å². The highest BCUT2D eigenvalue weighted by molar-refractivity contribution is 6.33. The normalized spacial score (nSPS) is 10.9. The largest absolute Gasteiger partial charge is 0.465 e. The molecule has 0 saturated heterocycles. The number of carbonyl (C=O) groups is 1. The van der Waals surface area contributed by atoms with Crippen LogP contribution in [0.4, 0.5) is 5.69 Å². The first-order valence-electron chi connectivity index (χ1n) is 4.75. The average Bonchev–Trinajstić information content (AvgIpc) is 2.29. The van der Waals surface area contributed by atoms with Crippen LogP contribution in [-0.2, 0) is 4.74 Å². The van der Waals surface area contributed by atoms with Crippen molar-refractivity contribution in [1.29, 1.82) is 0 Å². The standard InChI is InChI=1S/C10H12ClN5O2/c1-18-8(17)6-4-5(2-3-7(6)11)15-10(14)16-9(12)13/h2-4H,1H3,(H6,12,13,14,15,16). The Morgan fingerprint density at radius 2 is 2.00 bits per heavy atom. The van der Waals surface area contributed by atoms with Gasteiger partial charge in [0.15, 0.2) is 5.96 Å². The molecule has 1 aromatic carbocycles. The third-order valence-electron chi connectivity index (χ3n) is 1.84. The lowest BCUT2D eigenvalue weighted by Gasteiger charge is -2.03. The highest BCUT2D eigenvalue weighted by atomic mass is 35.5. The Hall–Kier alpha value is -2.28. The number of halogens is 1. The highest BCUT2D eigenvalue weighted by Crippen LogP contribution is 2.23. The summed E-state index contributed by atoms with van der Waals surface area (Å²) in [5.74, 6) is -0.913. The van der Waals surface area contributed by atoms with Gasteiger partial charge in [-0.2, -0.15) is 4.99 Å². The number of carbonyl (C=O) groups excluding carboxylic acids is 1. The van der Waals surface area contributed by atoms with Crippen molar-refractivity contribution in [3.05, 3.63) is 28.8 Å². The summed E-state index contributed by atoms with van der Waals surface area (Å²) in [6.07, 6.45) is 0. The van der Waals surface area contributed by atoms with Crippen LogP contribution in [0.5, 0.6) is 0 Å². The predicted octanol–water partition coefficient (Wildman–Crippen LogP) is 0.346. The highest BCUT2D eigenvalue weighted by Gasteiger charge is 2.11. The topological polar surface area (TPSA) is 129 Å². The lowest BCUT2D eigenvalue weighted by molar-refractivity contribution is 0.0601. The van der Waals surface area contributed by atoms with Crippen LogP contribution in [-0.4, -0.2) is 25.0 Å². The molecule has 8 heteroatoms. The molecule has 0 amide bonds. The average molecular weight is 270 g/mol. The van der Waals surface area contributed by atoms with Gasteiger partial charge in [-0.15, -0.1) is 0 Å². The molecule has 0 aliphatic carbocycles. The van der Waals surface area contributed by atoms with Crippen molar-refractivity contribution < 1.29 is 9.53 Å². The van der Waals surface area contributed by atoms with E-state index in [4.69, 9.17) is 28.8 Å². The number of rotatable bonds is 2. The van der Waals surface area contributed by atoms with Crippen LogP contribution in [0.15, 0.2) is 28.2 Å². The molecule has 0 atom stereocenters. The van der Waals surface area contributed by atoms with Crippen LogP contribution >= 0.6 is 11.6 Å². The van der Waals surface area contributed by atoms with E-state index in [2.05, 4.69) is 14.7 Å². The van der Waals surface area contributed by atoms with Gasteiger partial charge >= 0.3 is 5.97 Å². The molecule has 0 saturated carbocycles. The van der Waals surface area contributed by atoms with Gasteiger partial charge in [0.05, 0.1) is 23.4 Å². The van der Waals surface area contributed by atoms with Gasteiger partial charge in [0.2, 0.25) is 5.96 Å². The molecule has 0 spiro atoms. The van der Waals surface area contributed by atoms with E-state index in [9.17, 15) is 4.79 Å². The van der Waals surface area contributed by atoms with Crippen molar-refractivity contribution in [2.24, 2.45) is 27.2 Å². The van der Waals surface area contributed by atoms with E-state index in [1.54, 1.807) is 6.07 Å². The van der Waals surface area contributed by atoms with Crippen molar-refractivity contribution in [2.75, 3.05) is 7.11 Å². The van der Waals surface area contributed by atoms with Crippen molar-refractivity contribution in [3.8, 4) is 0 Å². The second-order valence-electron chi connectivity index (χ2n) is 3.16. The molecule has 0 bridgehead atoms. The first-order chi connectivity index (χ1) is 8.43. The Kier molecular flexibility index (Phi) is 4.50. The lowest BCUT2D eigenvalue weighted by atomic mass is 10.2. The molecule has 0 unspecified atom stereocenters. The van der Waals surface area contributed by atoms with Crippen molar-refractivity contribution in [2.45, 2.75) is 0 Å². The minimum atomic E-state index is -0.572. The van der Waals surface area contributed by atoms with Gasteiger partial charge in [-0.3, -0.25) is 0 Å². The van der Waals surface area contributed by atoms with Crippen LogP contribution in [0.2, 0.25) is 5.02 Å². The van der Waals surface area contributed by atoms with Crippen molar-refractivity contribution >= 4 is 35.2 Å². The van der Waals surface area contributed by atoms with Crippen molar-refractivity contribution in [3.63, 3.8) is 0 Å². The van der Waals surface area contributed by atoms with Crippen molar-refractivity contribution in [1.82, 2.24) is 0 Å². The van der Waals surface area contributed by atoms with Crippen LogP contribution in [0.25, 0.3) is 0 Å². The number of nitrogens with zero attached hydrogens (tertiary/aromatic N) is 2. The Balaban J connectivity index is 3.13. The van der Waals surface area contributed by atoms with E-state index < -0.39 is 5.97 Å². The van der Waals surface area contributed by atoms with Crippen LogP contribution in [0.1, 0.15) is 10.4 Å². The Labute approximate surface area is 108 Å². The van der Waals surface area contributed by atoms with Crippen LogP contribution in [0, 0.1) is 0 Å². The number of esters is 1. The van der Waals surface area contributed by atoms with E-state index in [1.807, 2.05) is 0 Å². The Morgan fingerprint density at radius 3 is 2.56 bits per heavy atom. The summed E-state index contributed by atoms with van der Waals surface area (Å²) in [5, 5.41) is 0.251. The molecule has 1 aromatic rings. The summed E-state index contributed by atoms with van der Waals surface area (Å²) in [6.45, 7) is 0. The second-order valence-corrected chi connectivity index (χ2v) is 3.57. The first kappa shape index (κ1) is 13.8. The number of benzene rings is 1. The fourth-order valence-electron chi connectivity index (χ4n) is 1.14. The van der Waals surface area contributed by atoms with Gasteiger partial charge in [-0.1, -0.05) is 11.6 Å². The van der Waals surface area contributed by atoms with Crippen LogP contribution in [0.3, 0.4) is 0 Å². The van der Waals surface area contributed by atoms with Crippen LogP contribution < -0.4 is 17.2 Å². The number of nitrogens with two attached hydrogens (primary N) is 3. The molecule has 18 heavy (non-hydrogen) atoms. The summed E-state index contributed by atoms with van der Waals surface area (Å²) in [4.78, 5) is 18.8. The SMILES string of the molecule is COC(=O)c1cc(N=C(N)N=C(N)N)ccc1Cl. The van der Waals surface area contributed by atoms with Gasteiger partial charge in [0.25, 0.3) is 0 Å². The zero-order chi connectivity index (χ0) is 13.7. The first-order valence-corrected chi connectivity index (χ1v) is 5.13. The molecule has 0 fully saturated rings. The minimum Gasteiger partial charge on any atom is -0.465 e. The molecule has 0 aliphatic rings. The summed E-state index contributed by atoms with van der Waals surface area (Å²) in [6, 6.07) is 4.47. The van der Waals surface area contributed by atoms with Gasteiger partial charge in [-0.25, -0.2) is 9.79 Å². The number of hydrogen-bond acceptors (Lipinski definition) is 3. The van der Waals surface area contributed by atoms with Gasteiger partial charge < -0.3 is 21.9 Å². The lowest BCUT2D eigenvalue weighted by Crippen LogP contribution is -2.26. The number of hydrogen-bond donors (Lipinski definition) is 3. The monoisotopic (exact) mass is 269 g/mol. The smallest absolute Gasteiger partial charge is 0.339 e. The molecular weight excluding hydrogens is 258 g/mol. The fraction of sp³-hybridized carbons (Fsp3) is 0.100. The maximum Gasteiger partial charge on any atom is 0.339 e. The zero-order valence-corrected chi connectivity index (χ0v) is 10.3.